The van der Waals surface area contributed by atoms with Gasteiger partial charge in [0.05, 0.1) is 17.5 Å². The molecule has 0 saturated heterocycles. The average Bonchev–Trinajstić information content (AvgIpc) is 2.85. The largest absolute Gasteiger partial charge is 0.399 e. The Balaban J connectivity index is 0.000000209. The van der Waals surface area contributed by atoms with Crippen LogP contribution in [0.5, 0.6) is 0 Å². The minimum Gasteiger partial charge on any atom is -0.399 e. The van der Waals surface area contributed by atoms with Crippen LogP contribution in [0.2, 0.25) is 0 Å². The SMILES string of the molecule is CC(N)CCc1cccc(N)c1.CNc1cccc2c1N(C=O)CCCC2O. The van der Waals surface area contributed by atoms with Gasteiger partial charge in [0.2, 0.25) is 6.41 Å². The van der Waals surface area contributed by atoms with E-state index >= 15 is 0 Å². The van der Waals surface area contributed by atoms with Gasteiger partial charge in [-0.15, -0.1) is 0 Å². The summed E-state index contributed by atoms with van der Waals surface area (Å²) in [6, 6.07) is 13.9. The first-order valence-corrected chi connectivity index (χ1v) is 9.77. The number of hydrogen-bond donors (Lipinski definition) is 4. The predicted octanol–water partition coefficient (Wildman–Crippen LogP) is 3.07. The maximum Gasteiger partial charge on any atom is 0.214 e. The average molecular weight is 385 g/mol. The molecule has 3 rings (SSSR count). The van der Waals surface area contributed by atoms with Crippen LogP contribution >= 0.6 is 0 Å². The Bertz CT molecular complexity index is 764. The number of nitrogens with one attached hydrogen (secondary N) is 1. The molecule has 0 aliphatic carbocycles. The zero-order valence-electron chi connectivity index (χ0n) is 16.8. The molecule has 1 aliphatic rings. The highest BCUT2D eigenvalue weighted by molar-refractivity contribution is 5.86. The molecule has 2 aromatic carbocycles. The Hall–Kier alpha value is -2.57. The molecular weight excluding hydrogens is 352 g/mol. The monoisotopic (exact) mass is 384 g/mol. The van der Waals surface area contributed by atoms with Gasteiger partial charge in [0.15, 0.2) is 0 Å². The van der Waals surface area contributed by atoms with Gasteiger partial charge in [-0.3, -0.25) is 4.79 Å². The molecule has 0 bridgehead atoms. The van der Waals surface area contributed by atoms with E-state index in [2.05, 4.69) is 11.4 Å². The lowest BCUT2D eigenvalue weighted by Gasteiger charge is -2.21. The van der Waals surface area contributed by atoms with E-state index in [1.54, 1.807) is 4.90 Å². The van der Waals surface area contributed by atoms with E-state index in [9.17, 15) is 9.90 Å². The third kappa shape index (κ3) is 5.97. The van der Waals surface area contributed by atoms with Gasteiger partial charge in [0, 0.05) is 30.9 Å². The number of para-hydroxylation sites is 1. The van der Waals surface area contributed by atoms with Crippen molar-refractivity contribution >= 4 is 23.5 Å². The Morgan fingerprint density at radius 2 is 2.07 bits per heavy atom. The zero-order valence-corrected chi connectivity index (χ0v) is 16.8. The molecule has 1 aliphatic heterocycles. The van der Waals surface area contributed by atoms with E-state index in [4.69, 9.17) is 11.5 Å². The number of carbonyl (C=O) groups excluding carboxylic acids is 1. The van der Waals surface area contributed by atoms with Crippen molar-refractivity contribution in [2.24, 2.45) is 5.73 Å². The van der Waals surface area contributed by atoms with Crippen molar-refractivity contribution in [2.75, 3.05) is 29.5 Å². The third-order valence-electron chi connectivity index (χ3n) is 4.83. The van der Waals surface area contributed by atoms with Crippen LogP contribution < -0.4 is 21.7 Å². The van der Waals surface area contributed by atoms with Crippen LogP contribution in [0, 0.1) is 0 Å². The van der Waals surface area contributed by atoms with Crippen molar-refractivity contribution in [3.8, 4) is 0 Å². The number of aliphatic hydroxyl groups excluding tert-OH is 1. The molecule has 0 saturated carbocycles. The van der Waals surface area contributed by atoms with Crippen LogP contribution in [0.4, 0.5) is 17.1 Å². The van der Waals surface area contributed by atoms with Gasteiger partial charge in [0.25, 0.3) is 0 Å². The van der Waals surface area contributed by atoms with Crippen LogP contribution in [-0.2, 0) is 11.2 Å². The maximum absolute atomic E-state index is 11.1. The van der Waals surface area contributed by atoms with E-state index in [0.29, 0.717) is 13.0 Å². The number of anilines is 3. The van der Waals surface area contributed by atoms with Crippen LogP contribution in [0.3, 0.4) is 0 Å². The molecule has 2 aromatic rings. The van der Waals surface area contributed by atoms with Crippen molar-refractivity contribution < 1.29 is 9.90 Å². The number of carbonyl (C=O) groups is 1. The number of nitrogens with two attached hydrogens (primary N) is 2. The van der Waals surface area contributed by atoms with Gasteiger partial charge < -0.3 is 26.8 Å². The molecule has 6 N–H and O–H groups in total. The van der Waals surface area contributed by atoms with Gasteiger partial charge >= 0.3 is 0 Å². The van der Waals surface area contributed by atoms with Gasteiger partial charge in [-0.05, 0) is 56.4 Å². The highest BCUT2D eigenvalue weighted by Gasteiger charge is 2.23. The number of rotatable bonds is 5. The third-order valence-corrected chi connectivity index (χ3v) is 4.83. The van der Waals surface area contributed by atoms with Gasteiger partial charge in [-0.2, -0.15) is 0 Å². The van der Waals surface area contributed by atoms with Crippen molar-refractivity contribution in [3.63, 3.8) is 0 Å². The summed E-state index contributed by atoms with van der Waals surface area (Å²) in [6.07, 6.45) is 3.90. The van der Waals surface area contributed by atoms with Crippen LogP contribution in [0.15, 0.2) is 42.5 Å². The second-order valence-corrected chi connectivity index (χ2v) is 7.21. The van der Waals surface area contributed by atoms with Crippen molar-refractivity contribution in [1.29, 1.82) is 0 Å². The lowest BCUT2D eigenvalue weighted by atomic mass is 10.0. The predicted molar refractivity (Wildman–Crippen MR) is 116 cm³/mol. The minimum absolute atomic E-state index is 0.270. The number of hydrogen-bond acceptors (Lipinski definition) is 5. The van der Waals surface area contributed by atoms with Crippen LogP contribution in [0.25, 0.3) is 0 Å². The quantitative estimate of drug-likeness (QED) is 0.468. The van der Waals surface area contributed by atoms with E-state index < -0.39 is 6.10 Å². The summed E-state index contributed by atoms with van der Waals surface area (Å²) in [5, 5.41) is 13.1. The van der Waals surface area contributed by atoms with E-state index in [1.165, 1.54) is 5.56 Å². The van der Waals surface area contributed by atoms with E-state index in [0.717, 1.165) is 48.3 Å². The molecule has 0 aromatic heterocycles. The Kier molecular flexibility index (Phi) is 8.29. The summed E-state index contributed by atoms with van der Waals surface area (Å²) < 4.78 is 0. The second-order valence-electron chi connectivity index (χ2n) is 7.21. The summed E-state index contributed by atoms with van der Waals surface area (Å²) in [6.45, 7) is 2.68. The first-order chi connectivity index (χ1) is 13.5. The number of aryl methyl sites for hydroxylation is 1. The number of amides is 1. The molecule has 2 unspecified atom stereocenters. The maximum atomic E-state index is 11.1. The first kappa shape index (κ1) is 21.7. The number of benzene rings is 2. The zero-order chi connectivity index (χ0) is 20.5. The molecule has 152 valence electrons. The lowest BCUT2D eigenvalue weighted by Crippen LogP contribution is -2.22. The Labute approximate surface area is 167 Å². The number of nitrogen functional groups attached to an aromatic ring is 1. The second kappa shape index (κ2) is 10.7. The Morgan fingerprint density at radius 3 is 2.71 bits per heavy atom. The van der Waals surface area contributed by atoms with Crippen molar-refractivity contribution in [3.05, 3.63) is 53.6 Å². The normalized spacial score (nSPS) is 16.9. The first-order valence-electron chi connectivity index (χ1n) is 9.77. The van der Waals surface area contributed by atoms with Gasteiger partial charge in [-0.25, -0.2) is 0 Å². The highest BCUT2D eigenvalue weighted by Crippen LogP contribution is 2.37. The fourth-order valence-electron chi connectivity index (χ4n) is 3.32. The Morgan fingerprint density at radius 1 is 1.32 bits per heavy atom. The summed E-state index contributed by atoms with van der Waals surface area (Å²) in [4.78, 5) is 12.7. The smallest absolute Gasteiger partial charge is 0.214 e. The van der Waals surface area contributed by atoms with Crippen molar-refractivity contribution in [1.82, 2.24) is 0 Å². The van der Waals surface area contributed by atoms with Gasteiger partial charge in [0.1, 0.15) is 0 Å². The van der Waals surface area contributed by atoms with Gasteiger partial charge in [-0.1, -0.05) is 24.3 Å². The number of fused-ring (bicyclic) bond motifs is 1. The summed E-state index contributed by atoms with van der Waals surface area (Å²) >= 11 is 0. The minimum atomic E-state index is -0.478. The highest BCUT2D eigenvalue weighted by atomic mass is 16.3. The molecule has 0 spiro atoms. The molecule has 2 atom stereocenters. The lowest BCUT2D eigenvalue weighted by molar-refractivity contribution is -0.107. The fourth-order valence-corrected chi connectivity index (χ4v) is 3.32. The molecule has 0 radical (unpaired) electrons. The number of aliphatic hydroxyl groups is 1. The van der Waals surface area contributed by atoms with Crippen LogP contribution in [0.1, 0.15) is 43.4 Å². The molecular formula is C22H32N4O2. The summed E-state index contributed by atoms with van der Waals surface area (Å²) in [7, 11) is 1.82. The van der Waals surface area contributed by atoms with E-state index in [1.807, 2.05) is 50.4 Å². The summed E-state index contributed by atoms with van der Waals surface area (Å²) in [5.41, 5.74) is 15.9. The summed E-state index contributed by atoms with van der Waals surface area (Å²) in [5.74, 6) is 0. The van der Waals surface area contributed by atoms with Crippen molar-refractivity contribution in [2.45, 2.75) is 44.8 Å². The molecule has 28 heavy (non-hydrogen) atoms. The molecule has 1 heterocycles. The standard InChI is InChI=1S/C12H16N2O2.C10H16N2/c1-13-10-5-2-4-9-11(16)6-3-7-14(8-15)12(9)10;1-8(11)5-6-9-3-2-4-10(12)7-9/h2,4-5,8,11,13,16H,3,6-7H2,1H3;2-4,7-8H,5-6,11-12H2,1H3. The van der Waals surface area contributed by atoms with E-state index in [-0.39, 0.29) is 6.04 Å². The number of nitrogens with zero attached hydrogens (tertiary/aromatic N) is 1. The molecule has 1 amide bonds. The molecule has 0 fully saturated rings. The fraction of sp³-hybridized carbons (Fsp3) is 0.409. The molecule has 6 nitrogen and oxygen atoms in total. The van der Waals surface area contributed by atoms with Crippen LogP contribution in [-0.4, -0.2) is 31.2 Å². The molecule has 6 heteroatoms. The topological polar surface area (TPSA) is 105 Å².